The molecule has 0 spiro atoms. The van der Waals surface area contributed by atoms with Gasteiger partial charge in [0.1, 0.15) is 12.6 Å². The molecule has 0 aliphatic rings. The lowest BCUT2D eigenvalue weighted by Gasteiger charge is -2.33. The average Bonchev–Trinajstić information content (AvgIpc) is 3.03. The average molecular weight is 601 g/mol. The summed E-state index contributed by atoms with van der Waals surface area (Å²) < 4.78 is 28.7. The monoisotopic (exact) mass is 600 g/mol. The molecule has 0 unspecified atom stereocenters. The number of sulfonamides is 1. The summed E-state index contributed by atoms with van der Waals surface area (Å²) in [5.41, 5.74) is 1.18. The maximum Gasteiger partial charge on any atom is 0.271 e. The minimum absolute atomic E-state index is 0.0302. The third kappa shape index (κ3) is 7.83. The van der Waals surface area contributed by atoms with E-state index in [0.717, 1.165) is 21.5 Å². The fourth-order valence-corrected chi connectivity index (χ4v) is 6.06. The molecule has 1 atom stereocenters. The van der Waals surface area contributed by atoms with Crippen molar-refractivity contribution >= 4 is 33.2 Å². The number of likely N-dealkylation sites (N-methyl/N-ethyl adjacent to an activating group) is 1. The summed E-state index contributed by atoms with van der Waals surface area (Å²) in [4.78, 5) is 39.9. The van der Waals surface area contributed by atoms with Gasteiger partial charge < -0.3 is 10.2 Å². The van der Waals surface area contributed by atoms with Crippen LogP contribution < -0.4 is 9.62 Å². The Balaban J connectivity index is 1.80. The van der Waals surface area contributed by atoms with Gasteiger partial charge in [-0.1, -0.05) is 84.9 Å². The van der Waals surface area contributed by atoms with Gasteiger partial charge in [-0.15, -0.1) is 0 Å². The van der Waals surface area contributed by atoms with Crippen LogP contribution in [0.1, 0.15) is 18.1 Å². The SMILES string of the molecule is CCNC(=O)[C@H](Cc1ccccc1)N(Cc1ccccc1)C(=O)CN(c1cccc([N+](=O)[O-])c1)S(=O)(=O)c1ccccc1. The number of benzene rings is 4. The van der Waals surface area contributed by atoms with Crippen molar-refractivity contribution in [2.75, 3.05) is 17.4 Å². The van der Waals surface area contributed by atoms with Crippen molar-refractivity contribution in [3.8, 4) is 0 Å². The lowest BCUT2D eigenvalue weighted by Crippen LogP contribution is -2.53. The predicted molar refractivity (Wildman–Crippen MR) is 164 cm³/mol. The maximum atomic E-state index is 14.3. The van der Waals surface area contributed by atoms with Crippen molar-refractivity contribution in [1.82, 2.24) is 10.2 Å². The van der Waals surface area contributed by atoms with E-state index in [-0.39, 0.29) is 35.1 Å². The first-order valence-corrected chi connectivity index (χ1v) is 15.1. The number of non-ortho nitro benzene ring substituents is 1. The number of carbonyl (C=O) groups excluding carboxylic acids is 2. The summed E-state index contributed by atoms with van der Waals surface area (Å²) in [6.07, 6.45) is 0.188. The first kappa shape index (κ1) is 30.9. The van der Waals surface area contributed by atoms with Gasteiger partial charge in [0.25, 0.3) is 15.7 Å². The van der Waals surface area contributed by atoms with Crippen LogP contribution in [0.2, 0.25) is 0 Å². The van der Waals surface area contributed by atoms with Gasteiger partial charge in [0, 0.05) is 31.6 Å². The van der Waals surface area contributed by atoms with Crippen LogP contribution in [0.25, 0.3) is 0 Å². The van der Waals surface area contributed by atoms with E-state index in [2.05, 4.69) is 5.32 Å². The molecule has 4 rings (SSSR count). The molecule has 0 aliphatic carbocycles. The predicted octanol–water partition coefficient (Wildman–Crippen LogP) is 4.57. The normalized spacial score (nSPS) is 11.7. The molecule has 0 aromatic heterocycles. The van der Waals surface area contributed by atoms with Crippen LogP contribution in [-0.2, 0) is 32.6 Å². The summed E-state index contributed by atoms with van der Waals surface area (Å²) in [5.74, 6) is -1.04. The Labute approximate surface area is 250 Å². The van der Waals surface area contributed by atoms with E-state index < -0.39 is 33.4 Å². The van der Waals surface area contributed by atoms with Crippen molar-refractivity contribution in [2.24, 2.45) is 0 Å². The number of nitrogens with zero attached hydrogens (tertiary/aromatic N) is 3. The van der Waals surface area contributed by atoms with Gasteiger partial charge in [-0.3, -0.25) is 24.0 Å². The molecule has 4 aromatic rings. The molecule has 0 saturated heterocycles. The maximum absolute atomic E-state index is 14.3. The highest BCUT2D eigenvalue weighted by atomic mass is 32.2. The van der Waals surface area contributed by atoms with E-state index in [4.69, 9.17) is 0 Å². The summed E-state index contributed by atoms with van der Waals surface area (Å²) >= 11 is 0. The van der Waals surface area contributed by atoms with Crippen molar-refractivity contribution in [3.63, 3.8) is 0 Å². The van der Waals surface area contributed by atoms with Crippen molar-refractivity contribution < 1.29 is 22.9 Å². The number of amides is 2. The second-order valence-corrected chi connectivity index (χ2v) is 11.6. The topological polar surface area (TPSA) is 130 Å². The summed E-state index contributed by atoms with van der Waals surface area (Å²) in [5, 5.41) is 14.4. The van der Waals surface area contributed by atoms with Crippen molar-refractivity contribution in [2.45, 2.75) is 30.8 Å². The van der Waals surface area contributed by atoms with Gasteiger partial charge in [-0.05, 0) is 36.2 Å². The molecule has 0 radical (unpaired) electrons. The van der Waals surface area contributed by atoms with E-state index >= 15 is 0 Å². The Morgan fingerprint density at radius 3 is 2.00 bits per heavy atom. The molecular formula is C32H32N4O6S. The zero-order chi connectivity index (χ0) is 30.8. The number of nitro groups is 1. The Bertz CT molecular complexity index is 1650. The molecule has 0 heterocycles. The van der Waals surface area contributed by atoms with Crippen LogP contribution in [0.15, 0.2) is 120 Å². The molecule has 43 heavy (non-hydrogen) atoms. The molecule has 4 aromatic carbocycles. The van der Waals surface area contributed by atoms with Crippen LogP contribution in [0.4, 0.5) is 11.4 Å². The van der Waals surface area contributed by atoms with Crippen LogP contribution in [0, 0.1) is 10.1 Å². The number of anilines is 1. The first-order chi connectivity index (χ1) is 20.7. The Morgan fingerprint density at radius 1 is 0.837 bits per heavy atom. The van der Waals surface area contributed by atoms with Crippen LogP contribution in [-0.4, -0.2) is 49.2 Å². The Kier molecular flexibility index (Phi) is 10.2. The number of carbonyl (C=O) groups is 2. The lowest BCUT2D eigenvalue weighted by molar-refractivity contribution is -0.384. The second kappa shape index (κ2) is 14.2. The molecular weight excluding hydrogens is 568 g/mol. The minimum Gasteiger partial charge on any atom is -0.355 e. The highest BCUT2D eigenvalue weighted by molar-refractivity contribution is 7.92. The van der Waals surface area contributed by atoms with Crippen molar-refractivity contribution in [3.05, 3.63) is 137 Å². The first-order valence-electron chi connectivity index (χ1n) is 13.7. The fourth-order valence-electron chi connectivity index (χ4n) is 4.64. The molecule has 0 aliphatic heterocycles. The number of nitrogens with one attached hydrogen (secondary N) is 1. The van der Waals surface area contributed by atoms with Crippen molar-refractivity contribution in [1.29, 1.82) is 0 Å². The smallest absolute Gasteiger partial charge is 0.271 e. The van der Waals surface area contributed by atoms with E-state index in [1.807, 2.05) is 60.7 Å². The molecule has 0 saturated carbocycles. The standard InChI is InChI=1S/C32H32N4O6S/c1-2-33-32(38)30(21-25-13-6-3-7-14-25)34(23-26-15-8-4-9-16-26)31(37)24-35(27-17-12-18-28(22-27)36(39)40)43(41,42)29-19-10-5-11-20-29/h3-20,22,30H,2,21,23-24H2,1H3,(H,33,38)/t30-/m0/s1. The molecule has 2 amide bonds. The number of hydrogen-bond acceptors (Lipinski definition) is 6. The number of rotatable bonds is 13. The molecule has 11 heteroatoms. The minimum atomic E-state index is -4.35. The number of nitro benzene ring substituents is 1. The highest BCUT2D eigenvalue weighted by Gasteiger charge is 2.34. The van der Waals surface area contributed by atoms with E-state index in [0.29, 0.717) is 6.54 Å². The highest BCUT2D eigenvalue weighted by Crippen LogP contribution is 2.28. The van der Waals surface area contributed by atoms with Gasteiger partial charge in [0.2, 0.25) is 11.8 Å². The van der Waals surface area contributed by atoms with Crippen LogP contribution in [0.5, 0.6) is 0 Å². The Morgan fingerprint density at radius 2 is 1.42 bits per heavy atom. The van der Waals surface area contributed by atoms with Gasteiger partial charge >= 0.3 is 0 Å². The molecule has 10 nitrogen and oxygen atoms in total. The molecule has 222 valence electrons. The summed E-state index contributed by atoms with van der Waals surface area (Å²) in [7, 11) is -4.35. The summed E-state index contributed by atoms with van der Waals surface area (Å²) in [6, 6.07) is 30.0. The van der Waals surface area contributed by atoms with E-state index in [1.54, 1.807) is 25.1 Å². The zero-order valence-corrected chi connectivity index (χ0v) is 24.4. The van der Waals surface area contributed by atoms with Gasteiger partial charge in [-0.25, -0.2) is 8.42 Å². The van der Waals surface area contributed by atoms with Gasteiger partial charge in [0.05, 0.1) is 15.5 Å². The zero-order valence-electron chi connectivity index (χ0n) is 23.6. The summed E-state index contributed by atoms with van der Waals surface area (Å²) in [6.45, 7) is 1.44. The van der Waals surface area contributed by atoms with Crippen LogP contribution >= 0.6 is 0 Å². The van der Waals surface area contributed by atoms with E-state index in [1.165, 1.54) is 35.2 Å². The molecule has 1 N–H and O–H groups in total. The molecule has 0 bridgehead atoms. The largest absolute Gasteiger partial charge is 0.355 e. The van der Waals surface area contributed by atoms with Crippen LogP contribution in [0.3, 0.4) is 0 Å². The van der Waals surface area contributed by atoms with E-state index in [9.17, 15) is 28.1 Å². The number of hydrogen-bond donors (Lipinski definition) is 1. The molecule has 0 fully saturated rings. The third-order valence-corrected chi connectivity index (χ3v) is 8.54. The van der Waals surface area contributed by atoms with Gasteiger partial charge in [-0.2, -0.15) is 0 Å². The third-order valence-electron chi connectivity index (χ3n) is 6.76. The second-order valence-electron chi connectivity index (χ2n) is 9.71. The lowest BCUT2D eigenvalue weighted by atomic mass is 10.0. The quantitative estimate of drug-likeness (QED) is 0.177. The fraction of sp³-hybridized carbons (Fsp3) is 0.188. The Hall–Kier alpha value is -5.03. The van der Waals surface area contributed by atoms with Gasteiger partial charge in [0.15, 0.2) is 0 Å².